The molecule has 26 heavy (non-hydrogen) atoms. The van der Waals surface area contributed by atoms with Gasteiger partial charge in [0.2, 0.25) is 0 Å². The van der Waals surface area contributed by atoms with Crippen LogP contribution < -0.4 is 10.6 Å². The van der Waals surface area contributed by atoms with Crippen molar-refractivity contribution in [1.29, 1.82) is 0 Å². The van der Waals surface area contributed by atoms with E-state index >= 15 is 0 Å². The van der Waals surface area contributed by atoms with Gasteiger partial charge in [-0.1, -0.05) is 0 Å². The molecule has 2 aromatic rings. The van der Waals surface area contributed by atoms with Gasteiger partial charge in [0.15, 0.2) is 5.76 Å². The summed E-state index contributed by atoms with van der Waals surface area (Å²) >= 11 is 1.36. The Kier molecular flexibility index (Phi) is 5.70. The van der Waals surface area contributed by atoms with Crippen LogP contribution in [0, 0.1) is 5.41 Å². The Morgan fingerprint density at radius 3 is 2.69 bits per heavy atom. The third-order valence-corrected chi connectivity index (χ3v) is 6.14. The molecule has 2 amide bonds. The van der Waals surface area contributed by atoms with E-state index in [-0.39, 0.29) is 30.0 Å². The maximum absolute atomic E-state index is 12.9. The zero-order chi connectivity index (χ0) is 17.3. The Labute approximate surface area is 162 Å². The number of likely N-dealkylation sites (tertiary alicyclic amines) is 1. The molecule has 2 aliphatic heterocycles. The van der Waals surface area contributed by atoms with Crippen molar-refractivity contribution in [3.8, 4) is 0 Å². The van der Waals surface area contributed by atoms with Gasteiger partial charge in [-0.25, -0.2) is 0 Å². The molecule has 0 saturated carbocycles. The summed E-state index contributed by atoms with van der Waals surface area (Å²) in [5, 5.41) is 8.64. The summed E-state index contributed by atoms with van der Waals surface area (Å²) in [5.74, 6) is -0.103. The first kappa shape index (κ1) is 18.9. The van der Waals surface area contributed by atoms with E-state index in [1.54, 1.807) is 18.2 Å². The van der Waals surface area contributed by atoms with Crippen molar-refractivity contribution >= 4 is 40.6 Å². The molecule has 4 heterocycles. The number of hydrogen-bond acceptors (Lipinski definition) is 5. The average Bonchev–Trinajstić information content (AvgIpc) is 3.37. The molecule has 2 fully saturated rings. The van der Waals surface area contributed by atoms with Gasteiger partial charge in [0.25, 0.3) is 11.8 Å². The number of carbonyl (C=O) groups excluding carboxylic acids is 2. The molecule has 2 aliphatic rings. The summed E-state index contributed by atoms with van der Waals surface area (Å²) in [7, 11) is 0. The molecule has 4 rings (SSSR count). The van der Waals surface area contributed by atoms with Gasteiger partial charge in [-0.15, -0.1) is 23.7 Å². The minimum absolute atomic E-state index is 0. The Hall–Kier alpha value is -1.83. The van der Waals surface area contributed by atoms with E-state index in [9.17, 15) is 9.59 Å². The number of nitrogens with one attached hydrogen (secondary N) is 2. The fraction of sp³-hybridized carbons (Fsp3) is 0.444. The lowest BCUT2D eigenvalue weighted by atomic mass is 9.78. The van der Waals surface area contributed by atoms with Gasteiger partial charge < -0.3 is 20.0 Å². The zero-order valence-electron chi connectivity index (χ0n) is 14.3. The van der Waals surface area contributed by atoms with Crippen LogP contribution in [0.3, 0.4) is 0 Å². The second-order valence-electron chi connectivity index (χ2n) is 6.81. The fourth-order valence-electron chi connectivity index (χ4n) is 3.72. The average molecular weight is 396 g/mol. The molecule has 0 aliphatic carbocycles. The molecular weight excluding hydrogens is 374 g/mol. The second-order valence-corrected chi connectivity index (χ2v) is 7.73. The predicted octanol–water partition coefficient (Wildman–Crippen LogP) is 3.23. The van der Waals surface area contributed by atoms with E-state index in [1.807, 2.05) is 10.3 Å². The number of amides is 2. The number of furan rings is 1. The molecule has 0 unspecified atom stereocenters. The summed E-state index contributed by atoms with van der Waals surface area (Å²) in [6, 6.07) is 5.05. The third kappa shape index (κ3) is 3.65. The van der Waals surface area contributed by atoms with Crippen molar-refractivity contribution in [2.75, 3.05) is 31.5 Å². The van der Waals surface area contributed by atoms with E-state index in [1.165, 1.54) is 24.0 Å². The third-order valence-electron chi connectivity index (χ3n) is 5.31. The lowest BCUT2D eigenvalue weighted by Crippen LogP contribution is -2.44. The minimum Gasteiger partial charge on any atom is -0.459 e. The number of piperidine rings is 1. The van der Waals surface area contributed by atoms with E-state index in [4.69, 9.17) is 4.42 Å². The van der Waals surface area contributed by atoms with Crippen LogP contribution in [0.1, 0.15) is 40.2 Å². The number of carbonyl (C=O) groups is 2. The molecule has 1 spiro atoms. The van der Waals surface area contributed by atoms with Crippen molar-refractivity contribution in [1.82, 2.24) is 10.2 Å². The van der Waals surface area contributed by atoms with Crippen molar-refractivity contribution in [2.24, 2.45) is 5.41 Å². The predicted molar refractivity (Wildman–Crippen MR) is 103 cm³/mol. The molecule has 0 bridgehead atoms. The Morgan fingerprint density at radius 2 is 2.04 bits per heavy atom. The van der Waals surface area contributed by atoms with Gasteiger partial charge in [-0.3, -0.25) is 9.59 Å². The first-order chi connectivity index (χ1) is 12.2. The van der Waals surface area contributed by atoms with Gasteiger partial charge in [0, 0.05) is 19.6 Å². The Morgan fingerprint density at radius 1 is 1.23 bits per heavy atom. The lowest BCUT2D eigenvalue weighted by molar-refractivity contribution is 0.0609. The number of thiophene rings is 1. The smallest absolute Gasteiger partial charge is 0.291 e. The maximum Gasteiger partial charge on any atom is 0.291 e. The van der Waals surface area contributed by atoms with Crippen molar-refractivity contribution < 1.29 is 14.0 Å². The topological polar surface area (TPSA) is 74.6 Å². The molecule has 0 radical (unpaired) electrons. The SMILES string of the molecule is Cl.O=C(Nc1sccc1C(=O)N1CCC2(CCNC2)CC1)c1ccco1. The number of rotatable bonds is 3. The van der Waals surface area contributed by atoms with Gasteiger partial charge in [0.05, 0.1) is 11.8 Å². The first-order valence-corrected chi connectivity index (χ1v) is 9.47. The highest BCUT2D eigenvalue weighted by Crippen LogP contribution is 2.37. The minimum atomic E-state index is -0.337. The van der Waals surface area contributed by atoms with Crippen LogP contribution in [0.15, 0.2) is 34.3 Å². The quantitative estimate of drug-likeness (QED) is 0.836. The lowest BCUT2D eigenvalue weighted by Gasteiger charge is -2.38. The molecule has 140 valence electrons. The summed E-state index contributed by atoms with van der Waals surface area (Å²) in [5.41, 5.74) is 0.937. The highest BCUT2D eigenvalue weighted by Gasteiger charge is 2.38. The molecule has 6 nitrogen and oxygen atoms in total. The van der Waals surface area contributed by atoms with Crippen LogP contribution in [0.4, 0.5) is 5.00 Å². The van der Waals surface area contributed by atoms with Crippen molar-refractivity contribution in [2.45, 2.75) is 19.3 Å². The van der Waals surface area contributed by atoms with E-state index < -0.39 is 0 Å². The number of nitrogens with zero attached hydrogens (tertiary/aromatic N) is 1. The van der Waals surface area contributed by atoms with E-state index in [0.29, 0.717) is 16.0 Å². The van der Waals surface area contributed by atoms with Crippen LogP contribution in [0.5, 0.6) is 0 Å². The molecule has 0 atom stereocenters. The van der Waals surface area contributed by atoms with E-state index in [0.717, 1.165) is 39.0 Å². The van der Waals surface area contributed by atoms with Crippen LogP contribution in [0.25, 0.3) is 0 Å². The first-order valence-electron chi connectivity index (χ1n) is 8.59. The zero-order valence-corrected chi connectivity index (χ0v) is 16.0. The molecule has 8 heteroatoms. The summed E-state index contributed by atoms with van der Waals surface area (Å²) in [6.45, 7) is 3.71. The number of hydrogen-bond donors (Lipinski definition) is 2. The number of halogens is 1. The summed E-state index contributed by atoms with van der Waals surface area (Å²) in [6.07, 6.45) is 4.75. The Balaban J connectivity index is 0.00000196. The molecule has 2 N–H and O–H groups in total. The van der Waals surface area contributed by atoms with Gasteiger partial charge in [-0.2, -0.15) is 0 Å². The highest BCUT2D eigenvalue weighted by atomic mass is 35.5. The molecule has 2 saturated heterocycles. The molecule has 2 aromatic heterocycles. The van der Waals surface area contributed by atoms with Crippen molar-refractivity contribution in [3.63, 3.8) is 0 Å². The summed E-state index contributed by atoms with van der Waals surface area (Å²) in [4.78, 5) is 27.0. The van der Waals surface area contributed by atoms with Crippen LogP contribution in [-0.4, -0.2) is 42.9 Å². The standard InChI is InChI=1S/C18H21N3O3S.ClH/c22-15(14-2-1-10-24-14)20-16-13(3-11-25-16)17(23)21-8-5-18(6-9-21)4-7-19-12-18;/h1-3,10-11,19H,4-9,12H2,(H,20,22);1H. The summed E-state index contributed by atoms with van der Waals surface area (Å²) < 4.78 is 5.11. The largest absolute Gasteiger partial charge is 0.459 e. The van der Waals surface area contributed by atoms with Crippen LogP contribution in [-0.2, 0) is 0 Å². The Bertz CT molecular complexity index is 759. The number of anilines is 1. The highest BCUT2D eigenvalue weighted by molar-refractivity contribution is 7.14. The second kappa shape index (κ2) is 7.82. The van der Waals surface area contributed by atoms with Gasteiger partial charge in [-0.05, 0) is 54.8 Å². The molecular formula is C18H22ClN3O3S. The monoisotopic (exact) mass is 395 g/mol. The maximum atomic E-state index is 12.9. The van der Waals surface area contributed by atoms with Crippen molar-refractivity contribution in [3.05, 3.63) is 41.2 Å². The molecule has 0 aromatic carbocycles. The van der Waals surface area contributed by atoms with Crippen LogP contribution in [0.2, 0.25) is 0 Å². The van der Waals surface area contributed by atoms with Gasteiger partial charge >= 0.3 is 0 Å². The van der Waals surface area contributed by atoms with Gasteiger partial charge in [0.1, 0.15) is 5.00 Å². The van der Waals surface area contributed by atoms with E-state index in [2.05, 4.69) is 10.6 Å². The normalized spacial score (nSPS) is 18.5. The van der Waals surface area contributed by atoms with Crippen LogP contribution >= 0.6 is 23.7 Å². The fourth-order valence-corrected chi connectivity index (χ4v) is 4.50.